The van der Waals surface area contributed by atoms with Crippen molar-refractivity contribution in [2.45, 2.75) is 37.8 Å². The second kappa shape index (κ2) is 4.42. The minimum absolute atomic E-state index is 0.422. The summed E-state index contributed by atoms with van der Waals surface area (Å²) < 4.78 is 0. The smallest absolute Gasteiger partial charge is 0.0373 e. The molecule has 0 bridgehead atoms. The Kier molecular flexibility index (Phi) is 2.99. The van der Waals surface area contributed by atoms with E-state index in [2.05, 4.69) is 10.3 Å². The summed E-state index contributed by atoms with van der Waals surface area (Å²) in [6, 6.07) is 5.03. The van der Waals surface area contributed by atoms with Crippen LogP contribution in [0.1, 0.15) is 25.7 Å². The van der Waals surface area contributed by atoms with E-state index >= 15 is 0 Å². The Morgan fingerprint density at radius 3 is 2.43 bits per heavy atom. The van der Waals surface area contributed by atoms with Crippen molar-refractivity contribution in [2.24, 2.45) is 5.73 Å². The lowest BCUT2D eigenvalue weighted by atomic mass is 9.92. The Labute approximate surface area is 84.7 Å². The predicted molar refractivity (Wildman–Crippen MR) is 58.1 cm³/mol. The SMILES string of the molecule is NC1CCC(Nc2ccncc2)CC1. The Morgan fingerprint density at radius 1 is 1.14 bits per heavy atom. The molecule has 3 N–H and O–H groups in total. The lowest BCUT2D eigenvalue weighted by molar-refractivity contribution is 0.411. The van der Waals surface area contributed by atoms with Crippen LogP contribution in [0.15, 0.2) is 24.5 Å². The van der Waals surface area contributed by atoms with E-state index in [0.29, 0.717) is 12.1 Å². The lowest BCUT2D eigenvalue weighted by Crippen LogP contribution is -2.32. The van der Waals surface area contributed by atoms with Crippen molar-refractivity contribution in [3.05, 3.63) is 24.5 Å². The summed E-state index contributed by atoms with van der Waals surface area (Å²) in [4.78, 5) is 3.99. The fraction of sp³-hybridized carbons (Fsp3) is 0.545. The summed E-state index contributed by atoms with van der Waals surface area (Å²) in [5.74, 6) is 0. The fourth-order valence-electron chi connectivity index (χ4n) is 1.95. The monoisotopic (exact) mass is 191 g/mol. The first-order chi connectivity index (χ1) is 6.84. The number of hydrogen-bond acceptors (Lipinski definition) is 3. The highest BCUT2D eigenvalue weighted by atomic mass is 14.9. The number of aromatic nitrogens is 1. The molecular formula is C11H17N3. The number of rotatable bonds is 2. The number of nitrogens with zero attached hydrogens (tertiary/aromatic N) is 1. The van der Waals surface area contributed by atoms with Crippen LogP contribution in [0, 0.1) is 0 Å². The predicted octanol–water partition coefficient (Wildman–Crippen LogP) is 1.76. The zero-order chi connectivity index (χ0) is 9.80. The van der Waals surface area contributed by atoms with Gasteiger partial charge in [-0.05, 0) is 37.8 Å². The molecule has 1 aliphatic rings. The van der Waals surface area contributed by atoms with Crippen LogP contribution in [0.25, 0.3) is 0 Å². The van der Waals surface area contributed by atoms with Gasteiger partial charge >= 0.3 is 0 Å². The van der Waals surface area contributed by atoms with Crippen molar-refractivity contribution < 1.29 is 0 Å². The normalized spacial score (nSPS) is 27.2. The summed E-state index contributed by atoms with van der Waals surface area (Å²) >= 11 is 0. The first-order valence-electron chi connectivity index (χ1n) is 5.27. The molecule has 0 amide bonds. The van der Waals surface area contributed by atoms with Crippen LogP contribution in [0.2, 0.25) is 0 Å². The van der Waals surface area contributed by atoms with Gasteiger partial charge in [0.25, 0.3) is 0 Å². The van der Waals surface area contributed by atoms with Crippen molar-refractivity contribution in [3.63, 3.8) is 0 Å². The lowest BCUT2D eigenvalue weighted by Gasteiger charge is -2.27. The van der Waals surface area contributed by atoms with Gasteiger partial charge in [0.05, 0.1) is 0 Å². The fourth-order valence-corrected chi connectivity index (χ4v) is 1.95. The van der Waals surface area contributed by atoms with Crippen LogP contribution in [0.3, 0.4) is 0 Å². The van der Waals surface area contributed by atoms with Crippen LogP contribution in [-0.2, 0) is 0 Å². The van der Waals surface area contributed by atoms with E-state index in [1.54, 1.807) is 0 Å². The molecule has 0 atom stereocenters. The summed E-state index contributed by atoms with van der Waals surface area (Å²) in [5, 5.41) is 3.51. The highest BCUT2D eigenvalue weighted by molar-refractivity contribution is 5.41. The summed E-state index contributed by atoms with van der Waals surface area (Å²) in [6.07, 6.45) is 8.28. The maximum atomic E-state index is 5.85. The molecule has 1 aromatic heterocycles. The number of hydrogen-bond donors (Lipinski definition) is 2. The third-order valence-corrected chi connectivity index (χ3v) is 2.82. The molecule has 14 heavy (non-hydrogen) atoms. The van der Waals surface area contributed by atoms with Crippen molar-refractivity contribution in [1.82, 2.24) is 4.98 Å². The van der Waals surface area contributed by atoms with Crippen LogP contribution < -0.4 is 11.1 Å². The molecule has 1 heterocycles. The van der Waals surface area contributed by atoms with E-state index in [1.807, 2.05) is 24.5 Å². The van der Waals surface area contributed by atoms with E-state index in [4.69, 9.17) is 5.73 Å². The van der Waals surface area contributed by atoms with Gasteiger partial charge in [-0.1, -0.05) is 0 Å². The van der Waals surface area contributed by atoms with E-state index in [-0.39, 0.29) is 0 Å². The van der Waals surface area contributed by atoms with Gasteiger partial charge in [-0.25, -0.2) is 0 Å². The highest BCUT2D eigenvalue weighted by Gasteiger charge is 2.17. The van der Waals surface area contributed by atoms with Crippen LogP contribution in [-0.4, -0.2) is 17.1 Å². The van der Waals surface area contributed by atoms with Crippen molar-refractivity contribution in [2.75, 3.05) is 5.32 Å². The number of anilines is 1. The number of pyridine rings is 1. The van der Waals surface area contributed by atoms with Gasteiger partial charge in [0.1, 0.15) is 0 Å². The van der Waals surface area contributed by atoms with Crippen LogP contribution in [0.5, 0.6) is 0 Å². The van der Waals surface area contributed by atoms with Crippen LogP contribution in [0.4, 0.5) is 5.69 Å². The molecule has 1 fully saturated rings. The summed E-state index contributed by atoms with van der Waals surface area (Å²) in [5.41, 5.74) is 7.02. The third-order valence-electron chi connectivity index (χ3n) is 2.82. The molecule has 0 saturated heterocycles. The molecule has 3 nitrogen and oxygen atoms in total. The molecule has 1 saturated carbocycles. The second-order valence-corrected chi connectivity index (χ2v) is 3.99. The van der Waals surface area contributed by atoms with Gasteiger partial charge in [0.2, 0.25) is 0 Å². The molecule has 0 spiro atoms. The molecular weight excluding hydrogens is 174 g/mol. The van der Waals surface area contributed by atoms with E-state index in [0.717, 1.165) is 12.8 Å². The molecule has 76 valence electrons. The first-order valence-corrected chi connectivity index (χ1v) is 5.27. The molecule has 0 unspecified atom stereocenters. The first kappa shape index (κ1) is 9.46. The maximum Gasteiger partial charge on any atom is 0.0373 e. The summed E-state index contributed by atoms with van der Waals surface area (Å²) in [6.45, 7) is 0. The molecule has 1 aromatic rings. The number of nitrogens with two attached hydrogens (primary N) is 1. The van der Waals surface area contributed by atoms with E-state index in [9.17, 15) is 0 Å². The molecule has 3 heteroatoms. The maximum absolute atomic E-state index is 5.85. The van der Waals surface area contributed by atoms with Gasteiger partial charge in [-0.2, -0.15) is 0 Å². The second-order valence-electron chi connectivity index (χ2n) is 3.99. The molecule has 2 rings (SSSR count). The molecule has 0 aliphatic heterocycles. The average molecular weight is 191 g/mol. The van der Waals surface area contributed by atoms with Gasteiger partial charge in [0.15, 0.2) is 0 Å². The van der Waals surface area contributed by atoms with Crippen molar-refractivity contribution in [3.8, 4) is 0 Å². The van der Waals surface area contributed by atoms with E-state index < -0.39 is 0 Å². The largest absolute Gasteiger partial charge is 0.382 e. The molecule has 0 radical (unpaired) electrons. The van der Waals surface area contributed by atoms with Crippen molar-refractivity contribution in [1.29, 1.82) is 0 Å². The molecule has 1 aliphatic carbocycles. The zero-order valence-corrected chi connectivity index (χ0v) is 8.32. The minimum atomic E-state index is 0.422. The molecule has 0 aromatic carbocycles. The quantitative estimate of drug-likeness (QED) is 0.749. The third kappa shape index (κ3) is 2.45. The Hall–Kier alpha value is -1.09. The standard InChI is InChI=1S/C11H17N3/c12-9-1-3-10(4-2-9)14-11-5-7-13-8-6-11/h5-10H,1-4,12H2,(H,13,14). The Balaban J connectivity index is 1.87. The highest BCUT2D eigenvalue weighted by Crippen LogP contribution is 2.20. The summed E-state index contributed by atoms with van der Waals surface area (Å²) in [7, 11) is 0. The van der Waals surface area contributed by atoms with Crippen LogP contribution >= 0.6 is 0 Å². The van der Waals surface area contributed by atoms with Gasteiger partial charge in [-0.15, -0.1) is 0 Å². The van der Waals surface area contributed by atoms with Crippen molar-refractivity contribution >= 4 is 5.69 Å². The topological polar surface area (TPSA) is 50.9 Å². The number of nitrogens with one attached hydrogen (secondary N) is 1. The minimum Gasteiger partial charge on any atom is -0.382 e. The average Bonchev–Trinajstić information content (AvgIpc) is 2.23. The van der Waals surface area contributed by atoms with Gasteiger partial charge < -0.3 is 11.1 Å². The van der Waals surface area contributed by atoms with Gasteiger partial charge in [0, 0.05) is 30.2 Å². The van der Waals surface area contributed by atoms with E-state index in [1.165, 1.54) is 18.5 Å². The Morgan fingerprint density at radius 2 is 1.79 bits per heavy atom. The zero-order valence-electron chi connectivity index (χ0n) is 8.32. The van der Waals surface area contributed by atoms with Gasteiger partial charge in [-0.3, -0.25) is 4.98 Å². The Bertz CT molecular complexity index is 265.